The highest BCUT2D eigenvalue weighted by atomic mass is 79.9. The van der Waals surface area contributed by atoms with Crippen LogP contribution in [0.15, 0.2) is 27.7 Å². The molecular formula is C15H17BrN2O2S. The largest absolute Gasteiger partial charge is 0.465 e. The monoisotopic (exact) mass is 368 g/mol. The molecule has 1 amide bonds. The van der Waals surface area contributed by atoms with Crippen molar-refractivity contribution in [2.24, 2.45) is 10.9 Å². The Morgan fingerprint density at radius 3 is 3.14 bits per heavy atom. The Morgan fingerprint density at radius 2 is 2.38 bits per heavy atom. The third kappa shape index (κ3) is 2.83. The third-order valence-electron chi connectivity index (χ3n) is 4.38. The summed E-state index contributed by atoms with van der Waals surface area (Å²) in [5.41, 5.74) is 2.21. The lowest BCUT2D eigenvalue weighted by molar-refractivity contribution is 0.200. The first-order valence-electron chi connectivity index (χ1n) is 7.00. The number of amidine groups is 1. The van der Waals surface area contributed by atoms with Gasteiger partial charge in [0.05, 0.1) is 5.54 Å². The molecule has 21 heavy (non-hydrogen) atoms. The molecule has 0 radical (unpaired) electrons. The number of hydrogen-bond donors (Lipinski definition) is 2. The van der Waals surface area contributed by atoms with Gasteiger partial charge in [-0.1, -0.05) is 33.8 Å². The van der Waals surface area contributed by atoms with Crippen molar-refractivity contribution >= 4 is 39.0 Å². The number of rotatable bonds is 0. The van der Waals surface area contributed by atoms with Crippen molar-refractivity contribution in [1.82, 2.24) is 5.32 Å². The molecular weight excluding hydrogens is 352 g/mol. The normalized spacial score (nSPS) is 27.9. The Morgan fingerprint density at radius 1 is 1.57 bits per heavy atom. The molecule has 0 spiro atoms. The van der Waals surface area contributed by atoms with Crippen LogP contribution in [0.1, 0.15) is 30.9 Å². The first-order valence-corrected chi connectivity index (χ1v) is 8.78. The molecule has 1 aliphatic heterocycles. The highest BCUT2D eigenvalue weighted by Gasteiger charge is 2.42. The number of nitrogens with one attached hydrogen (secondary N) is 1. The van der Waals surface area contributed by atoms with Crippen molar-refractivity contribution in [2.45, 2.75) is 31.7 Å². The van der Waals surface area contributed by atoms with Crippen LogP contribution in [0.2, 0.25) is 0 Å². The SMILES string of the molecule is C[C@]12N=C(NC(=O)O)SC[C@H]1CCCc1ccc(Br)cc12. The maximum atomic E-state index is 10.9. The minimum atomic E-state index is -1.05. The Hall–Kier alpha value is -1.01. The summed E-state index contributed by atoms with van der Waals surface area (Å²) < 4.78 is 1.05. The van der Waals surface area contributed by atoms with E-state index in [1.54, 1.807) is 0 Å². The second-order valence-electron chi connectivity index (χ2n) is 5.70. The molecule has 0 saturated carbocycles. The van der Waals surface area contributed by atoms with Crippen LogP contribution >= 0.6 is 27.7 Å². The van der Waals surface area contributed by atoms with Gasteiger partial charge in [-0.05, 0) is 55.4 Å². The van der Waals surface area contributed by atoms with E-state index in [4.69, 9.17) is 10.1 Å². The molecule has 112 valence electrons. The van der Waals surface area contributed by atoms with Gasteiger partial charge >= 0.3 is 6.09 Å². The second-order valence-corrected chi connectivity index (χ2v) is 7.62. The highest BCUT2D eigenvalue weighted by Crippen LogP contribution is 2.46. The molecule has 6 heteroatoms. The van der Waals surface area contributed by atoms with Gasteiger partial charge in [-0.25, -0.2) is 4.79 Å². The predicted octanol–water partition coefficient (Wildman–Crippen LogP) is 3.99. The number of fused-ring (bicyclic) bond motifs is 3. The van der Waals surface area contributed by atoms with Gasteiger partial charge in [0.25, 0.3) is 0 Å². The van der Waals surface area contributed by atoms with Crippen LogP contribution in [-0.4, -0.2) is 22.1 Å². The summed E-state index contributed by atoms with van der Waals surface area (Å²) in [5.74, 6) is 1.35. The number of halogens is 1. The molecule has 4 nitrogen and oxygen atoms in total. The Kier molecular flexibility index (Phi) is 4.01. The van der Waals surface area contributed by atoms with Gasteiger partial charge in [0.1, 0.15) is 0 Å². The van der Waals surface area contributed by atoms with Gasteiger partial charge in [-0.15, -0.1) is 0 Å². The summed E-state index contributed by atoms with van der Waals surface area (Å²) in [4.78, 5) is 15.7. The van der Waals surface area contributed by atoms with Crippen LogP contribution in [0, 0.1) is 5.92 Å². The smallest absolute Gasteiger partial charge is 0.410 e. The zero-order chi connectivity index (χ0) is 15.0. The van der Waals surface area contributed by atoms with Gasteiger partial charge in [0.2, 0.25) is 0 Å². The molecule has 0 bridgehead atoms. The number of amides is 1. The fourth-order valence-electron chi connectivity index (χ4n) is 3.25. The molecule has 1 heterocycles. The van der Waals surface area contributed by atoms with Crippen LogP contribution in [0.4, 0.5) is 4.79 Å². The van der Waals surface area contributed by atoms with E-state index in [1.807, 2.05) is 0 Å². The van der Waals surface area contributed by atoms with Crippen LogP contribution in [0.5, 0.6) is 0 Å². The standard InChI is InChI=1S/C15H17BrN2O2S/c1-15-10(8-21-13(18-15)17-14(19)20)4-2-3-9-5-6-11(16)7-12(9)15/h5-7,10H,2-4,8H2,1H3,(H,17,18)(H,19,20)/t10-,15+/m1/s1. The van der Waals surface area contributed by atoms with E-state index in [1.165, 1.54) is 22.9 Å². The van der Waals surface area contributed by atoms with Crippen molar-refractivity contribution in [1.29, 1.82) is 0 Å². The van der Waals surface area contributed by atoms with E-state index < -0.39 is 6.09 Å². The summed E-state index contributed by atoms with van der Waals surface area (Å²) in [6.07, 6.45) is 2.30. The molecule has 0 unspecified atom stereocenters. The molecule has 0 fully saturated rings. The molecule has 2 aliphatic rings. The van der Waals surface area contributed by atoms with E-state index in [0.29, 0.717) is 11.1 Å². The van der Waals surface area contributed by atoms with Gasteiger partial charge in [0.15, 0.2) is 5.17 Å². The third-order valence-corrected chi connectivity index (χ3v) is 5.91. The fraction of sp³-hybridized carbons (Fsp3) is 0.467. The number of carboxylic acid groups (broad SMARTS) is 1. The van der Waals surface area contributed by atoms with Crippen molar-refractivity contribution in [2.75, 3.05) is 5.75 Å². The Balaban J connectivity index is 2.10. The van der Waals surface area contributed by atoms with Gasteiger partial charge in [0, 0.05) is 10.2 Å². The fourth-order valence-corrected chi connectivity index (χ4v) is 4.88. The predicted molar refractivity (Wildman–Crippen MR) is 89.0 cm³/mol. The van der Waals surface area contributed by atoms with Crippen LogP contribution < -0.4 is 5.32 Å². The van der Waals surface area contributed by atoms with Crippen molar-refractivity contribution in [3.8, 4) is 0 Å². The maximum Gasteiger partial charge on any atom is 0.410 e. The number of hydrogen-bond acceptors (Lipinski definition) is 3. The number of thioether (sulfide) groups is 1. The number of nitrogens with zero attached hydrogens (tertiary/aromatic N) is 1. The van der Waals surface area contributed by atoms with Crippen molar-refractivity contribution in [3.05, 3.63) is 33.8 Å². The van der Waals surface area contributed by atoms with Crippen molar-refractivity contribution in [3.63, 3.8) is 0 Å². The van der Waals surface area contributed by atoms with E-state index in [9.17, 15) is 4.79 Å². The summed E-state index contributed by atoms with van der Waals surface area (Å²) >= 11 is 5.06. The minimum absolute atomic E-state index is 0.349. The van der Waals surface area contributed by atoms with Gasteiger partial charge in [-0.2, -0.15) is 0 Å². The lowest BCUT2D eigenvalue weighted by Crippen LogP contribution is -2.40. The Labute approximate surface area is 136 Å². The average molecular weight is 369 g/mol. The first-order chi connectivity index (χ1) is 9.99. The van der Waals surface area contributed by atoms with E-state index in [2.05, 4.69) is 46.4 Å². The second kappa shape index (κ2) is 5.65. The number of aryl methyl sites for hydroxylation is 1. The summed E-state index contributed by atoms with van der Waals surface area (Å²) in [6.45, 7) is 2.14. The summed E-state index contributed by atoms with van der Waals surface area (Å²) in [5, 5.41) is 11.9. The molecule has 0 saturated heterocycles. The zero-order valence-electron chi connectivity index (χ0n) is 11.7. The van der Waals surface area contributed by atoms with E-state index >= 15 is 0 Å². The van der Waals surface area contributed by atoms with Gasteiger partial charge in [-0.3, -0.25) is 10.3 Å². The lowest BCUT2D eigenvalue weighted by Gasteiger charge is -2.38. The summed E-state index contributed by atoms with van der Waals surface area (Å²) in [7, 11) is 0. The lowest BCUT2D eigenvalue weighted by atomic mass is 9.79. The molecule has 1 aromatic rings. The number of carbonyl (C=O) groups is 1. The molecule has 1 aromatic carbocycles. The van der Waals surface area contributed by atoms with Crippen LogP contribution in [0.25, 0.3) is 0 Å². The van der Waals surface area contributed by atoms with E-state index in [-0.39, 0.29) is 5.54 Å². The average Bonchev–Trinajstić information content (AvgIpc) is 2.55. The maximum absolute atomic E-state index is 10.9. The molecule has 3 rings (SSSR count). The molecule has 2 N–H and O–H groups in total. The van der Waals surface area contributed by atoms with Crippen molar-refractivity contribution < 1.29 is 9.90 Å². The number of aliphatic imine (C=N–C) groups is 1. The zero-order valence-corrected chi connectivity index (χ0v) is 14.1. The first kappa shape index (κ1) is 14.9. The summed E-state index contributed by atoms with van der Waals surface area (Å²) in [6, 6.07) is 6.38. The number of benzene rings is 1. The minimum Gasteiger partial charge on any atom is -0.465 e. The topological polar surface area (TPSA) is 61.7 Å². The van der Waals surface area contributed by atoms with Crippen LogP contribution in [-0.2, 0) is 12.0 Å². The Bertz CT molecular complexity index is 620. The molecule has 1 aliphatic carbocycles. The van der Waals surface area contributed by atoms with E-state index in [0.717, 1.165) is 29.5 Å². The van der Waals surface area contributed by atoms with Crippen LogP contribution in [0.3, 0.4) is 0 Å². The highest BCUT2D eigenvalue weighted by molar-refractivity contribution is 9.10. The molecule has 0 aromatic heterocycles. The quantitative estimate of drug-likeness (QED) is 0.727. The van der Waals surface area contributed by atoms with Gasteiger partial charge < -0.3 is 5.11 Å². The molecule has 2 atom stereocenters.